The van der Waals surface area contributed by atoms with Crippen LogP contribution in [0.4, 0.5) is 10.6 Å². The van der Waals surface area contributed by atoms with Gasteiger partial charge in [0.1, 0.15) is 5.82 Å². The summed E-state index contributed by atoms with van der Waals surface area (Å²) in [6.07, 6.45) is 4.40. The highest BCUT2D eigenvalue weighted by Gasteiger charge is 2.43. The first-order valence-corrected chi connectivity index (χ1v) is 8.66. The molecule has 2 heterocycles. The number of aromatic nitrogens is 1. The first kappa shape index (κ1) is 18.5. The van der Waals surface area contributed by atoms with Crippen molar-refractivity contribution in [3.63, 3.8) is 0 Å². The van der Waals surface area contributed by atoms with E-state index in [0.29, 0.717) is 19.0 Å². The van der Waals surface area contributed by atoms with Gasteiger partial charge < -0.3 is 20.2 Å². The number of likely N-dealkylation sites (tertiary alicyclic amines) is 1. The van der Waals surface area contributed by atoms with E-state index in [4.69, 9.17) is 0 Å². The Bertz CT molecular complexity index is 562. The molecule has 1 aromatic heterocycles. The van der Waals surface area contributed by atoms with Gasteiger partial charge in [-0.15, -0.1) is 0 Å². The van der Waals surface area contributed by atoms with Gasteiger partial charge in [0, 0.05) is 33.4 Å². The summed E-state index contributed by atoms with van der Waals surface area (Å²) in [5.41, 5.74) is 0.602. The summed E-state index contributed by atoms with van der Waals surface area (Å²) in [6, 6.07) is 3.79. The van der Waals surface area contributed by atoms with Crippen molar-refractivity contribution in [3.8, 4) is 0 Å². The number of carbonyl (C=O) groups excluding carboxylic acids is 1. The molecule has 0 radical (unpaired) electrons. The highest BCUT2D eigenvalue weighted by atomic mass is 16.3. The lowest BCUT2D eigenvalue weighted by Crippen LogP contribution is -2.54. The molecule has 2 amide bonds. The fourth-order valence-corrected chi connectivity index (χ4v) is 3.54. The molecule has 1 fully saturated rings. The summed E-state index contributed by atoms with van der Waals surface area (Å²) >= 11 is 0. The minimum Gasteiger partial charge on any atom is -0.394 e. The molecule has 1 saturated heterocycles. The number of urea groups is 1. The van der Waals surface area contributed by atoms with Crippen LogP contribution in [0.5, 0.6) is 0 Å². The number of amides is 2. The van der Waals surface area contributed by atoms with Gasteiger partial charge in [-0.2, -0.15) is 0 Å². The Morgan fingerprint density at radius 2 is 2.25 bits per heavy atom. The zero-order chi connectivity index (χ0) is 17.7. The fourth-order valence-electron chi connectivity index (χ4n) is 3.54. The number of anilines is 1. The molecule has 1 aliphatic rings. The van der Waals surface area contributed by atoms with E-state index < -0.39 is 5.54 Å². The molecular weight excluding hydrogens is 304 g/mol. The number of nitrogens with zero attached hydrogens (tertiary/aromatic N) is 3. The summed E-state index contributed by atoms with van der Waals surface area (Å²) in [7, 11) is 3.88. The van der Waals surface area contributed by atoms with Gasteiger partial charge in [0.2, 0.25) is 0 Å². The molecule has 6 heteroatoms. The molecule has 24 heavy (non-hydrogen) atoms. The third kappa shape index (κ3) is 4.17. The fraction of sp³-hybridized carbons (Fsp3) is 0.667. The van der Waals surface area contributed by atoms with Crippen LogP contribution in [0.15, 0.2) is 18.3 Å². The molecule has 2 rings (SSSR count). The number of nitrogens with one attached hydrogen (secondary N) is 1. The lowest BCUT2D eigenvalue weighted by Gasteiger charge is -2.38. The maximum atomic E-state index is 12.7. The molecule has 134 valence electrons. The van der Waals surface area contributed by atoms with Crippen molar-refractivity contribution < 1.29 is 9.90 Å². The van der Waals surface area contributed by atoms with E-state index in [1.807, 2.05) is 36.0 Å². The Balaban J connectivity index is 2.02. The Hall–Kier alpha value is -1.82. The number of hydrogen-bond donors (Lipinski definition) is 2. The van der Waals surface area contributed by atoms with E-state index in [9.17, 15) is 9.90 Å². The van der Waals surface area contributed by atoms with Crippen molar-refractivity contribution in [1.82, 2.24) is 15.2 Å². The molecule has 0 aliphatic carbocycles. The molecule has 1 atom stereocenters. The van der Waals surface area contributed by atoms with Crippen molar-refractivity contribution >= 4 is 11.8 Å². The van der Waals surface area contributed by atoms with Crippen molar-refractivity contribution in [2.24, 2.45) is 5.92 Å². The average molecular weight is 334 g/mol. The van der Waals surface area contributed by atoms with Gasteiger partial charge in [-0.1, -0.05) is 13.8 Å². The van der Waals surface area contributed by atoms with Crippen LogP contribution < -0.4 is 10.2 Å². The minimum absolute atomic E-state index is 0.0264. The number of carbonyl (C=O) groups is 1. The first-order chi connectivity index (χ1) is 11.4. The van der Waals surface area contributed by atoms with Gasteiger partial charge in [-0.3, -0.25) is 0 Å². The van der Waals surface area contributed by atoms with Crippen LogP contribution in [0.2, 0.25) is 0 Å². The van der Waals surface area contributed by atoms with Crippen LogP contribution in [0.25, 0.3) is 0 Å². The largest absolute Gasteiger partial charge is 0.394 e. The number of aliphatic hydroxyl groups is 1. The first-order valence-electron chi connectivity index (χ1n) is 8.66. The lowest BCUT2D eigenvalue weighted by atomic mass is 9.87. The molecule has 0 unspecified atom stereocenters. The third-order valence-corrected chi connectivity index (χ3v) is 4.64. The summed E-state index contributed by atoms with van der Waals surface area (Å²) in [5.74, 6) is 1.31. The molecule has 1 aromatic rings. The van der Waals surface area contributed by atoms with Crippen LogP contribution in [0.3, 0.4) is 0 Å². The smallest absolute Gasteiger partial charge is 0.318 e. The number of hydrogen-bond acceptors (Lipinski definition) is 4. The topological polar surface area (TPSA) is 68.7 Å². The van der Waals surface area contributed by atoms with Gasteiger partial charge in [0.25, 0.3) is 0 Å². The molecular formula is C18H30N4O2. The number of pyridine rings is 1. The van der Waals surface area contributed by atoms with E-state index in [1.54, 1.807) is 6.20 Å². The van der Waals surface area contributed by atoms with E-state index in [1.165, 1.54) is 0 Å². The zero-order valence-electron chi connectivity index (χ0n) is 15.2. The second-order valence-electron chi connectivity index (χ2n) is 7.31. The van der Waals surface area contributed by atoms with Gasteiger partial charge in [-0.25, -0.2) is 9.78 Å². The summed E-state index contributed by atoms with van der Waals surface area (Å²) in [6.45, 7) is 5.45. The Morgan fingerprint density at radius 3 is 2.88 bits per heavy atom. The standard InChI is InChI=1S/C18H30N4O2/c1-14(2)11-18(13-23)7-5-9-22(18)17(24)20-12-15-6-8-19-16(10-15)21(3)4/h6,8,10,14,23H,5,7,9,11-13H2,1-4H3,(H,20,24)/t18-/m0/s1. The van der Waals surface area contributed by atoms with Crippen LogP contribution in [0, 0.1) is 5.92 Å². The maximum absolute atomic E-state index is 12.7. The van der Waals surface area contributed by atoms with Gasteiger partial charge >= 0.3 is 6.03 Å². The minimum atomic E-state index is -0.411. The Labute approximate surface area is 144 Å². The number of aliphatic hydroxyl groups excluding tert-OH is 1. The Kier molecular flexibility index (Phi) is 6.04. The second kappa shape index (κ2) is 7.83. The van der Waals surface area contributed by atoms with Crippen molar-refractivity contribution in [2.75, 3.05) is 32.1 Å². The monoisotopic (exact) mass is 334 g/mol. The van der Waals surface area contributed by atoms with Gasteiger partial charge in [-0.05, 0) is 42.9 Å². The molecule has 0 spiro atoms. The highest BCUT2D eigenvalue weighted by molar-refractivity contribution is 5.75. The second-order valence-corrected chi connectivity index (χ2v) is 7.31. The predicted molar refractivity (Wildman–Crippen MR) is 96.0 cm³/mol. The van der Waals surface area contributed by atoms with Gasteiger partial charge in [0.15, 0.2) is 0 Å². The van der Waals surface area contributed by atoms with Crippen molar-refractivity contribution in [2.45, 2.75) is 45.2 Å². The van der Waals surface area contributed by atoms with Crippen molar-refractivity contribution in [3.05, 3.63) is 23.9 Å². The summed E-state index contributed by atoms with van der Waals surface area (Å²) in [4.78, 5) is 20.7. The van der Waals surface area contributed by atoms with E-state index in [0.717, 1.165) is 30.6 Å². The third-order valence-electron chi connectivity index (χ3n) is 4.64. The van der Waals surface area contributed by atoms with E-state index in [-0.39, 0.29) is 12.6 Å². The van der Waals surface area contributed by atoms with E-state index >= 15 is 0 Å². The lowest BCUT2D eigenvalue weighted by molar-refractivity contribution is 0.0675. The molecule has 0 bridgehead atoms. The molecule has 1 aliphatic heterocycles. The predicted octanol–water partition coefficient (Wildman–Crippen LogP) is 2.23. The molecule has 2 N–H and O–H groups in total. The molecule has 0 saturated carbocycles. The quantitative estimate of drug-likeness (QED) is 0.837. The molecule has 0 aromatic carbocycles. The zero-order valence-corrected chi connectivity index (χ0v) is 15.2. The maximum Gasteiger partial charge on any atom is 0.318 e. The van der Waals surface area contributed by atoms with Gasteiger partial charge in [0.05, 0.1) is 12.1 Å². The summed E-state index contributed by atoms with van der Waals surface area (Å²) < 4.78 is 0. The van der Waals surface area contributed by atoms with Crippen LogP contribution >= 0.6 is 0 Å². The van der Waals surface area contributed by atoms with Crippen molar-refractivity contribution in [1.29, 1.82) is 0 Å². The van der Waals surface area contributed by atoms with Crippen LogP contribution in [0.1, 0.15) is 38.7 Å². The van der Waals surface area contributed by atoms with E-state index in [2.05, 4.69) is 24.1 Å². The molecule has 6 nitrogen and oxygen atoms in total. The SMILES string of the molecule is CC(C)C[C@]1(CO)CCCN1C(=O)NCc1ccnc(N(C)C)c1. The van der Waals surface area contributed by atoms with Crippen LogP contribution in [-0.2, 0) is 6.54 Å². The average Bonchev–Trinajstić information content (AvgIpc) is 2.96. The summed E-state index contributed by atoms with van der Waals surface area (Å²) in [5, 5.41) is 12.9. The number of rotatable bonds is 6. The Morgan fingerprint density at radius 1 is 1.50 bits per heavy atom. The normalized spacial score (nSPS) is 20.5. The highest BCUT2D eigenvalue weighted by Crippen LogP contribution is 2.34. The van der Waals surface area contributed by atoms with Crippen LogP contribution in [-0.4, -0.2) is 53.8 Å².